The molecule has 0 radical (unpaired) electrons. The molecule has 0 aliphatic carbocycles. The average molecular weight is 482 g/mol. The molecule has 0 spiro atoms. The lowest BCUT2D eigenvalue weighted by Crippen LogP contribution is -2.44. The molecule has 0 saturated carbocycles. The summed E-state index contributed by atoms with van der Waals surface area (Å²) in [6, 6.07) is -0.500. The summed E-state index contributed by atoms with van der Waals surface area (Å²) in [6.07, 6.45) is 16.6. The number of esters is 1. The number of unbranched alkanes of at least 4 members (excludes halogenated alkanes) is 12. The molecule has 3 aliphatic heterocycles. The minimum absolute atomic E-state index is 0.0654. The molecular formula is C27H47NO6. The molecule has 1 amide bonds. The van der Waals surface area contributed by atoms with Crippen LogP contribution >= 0.6 is 0 Å². The van der Waals surface area contributed by atoms with Crippen molar-refractivity contribution in [1.82, 2.24) is 4.90 Å². The highest BCUT2D eigenvalue weighted by Crippen LogP contribution is 2.30. The average Bonchev–Trinajstić information content (AvgIpc) is 3.56. The van der Waals surface area contributed by atoms with Gasteiger partial charge in [-0.2, -0.15) is 0 Å². The van der Waals surface area contributed by atoms with Gasteiger partial charge >= 0.3 is 5.97 Å². The van der Waals surface area contributed by atoms with Gasteiger partial charge in [0.1, 0.15) is 24.4 Å². The van der Waals surface area contributed by atoms with Crippen molar-refractivity contribution in [3.05, 3.63) is 0 Å². The van der Waals surface area contributed by atoms with Gasteiger partial charge in [0.05, 0.1) is 13.2 Å². The molecular weight excluding hydrogens is 434 g/mol. The highest BCUT2D eigenvalue weighted by atomic mass is 16.6. The number of carbonyl (C=O) groups excluding carboxylic acids is 2. The Balaban J connectivity index is 1.23. The largest absolute Gasteiger partial charge is 0.455 e. The van der Waals surface area contributed by atoms with E-state index in [1.807, 2.05) is 0 Å². The number of amides is 1. The summed E-state index contributed by atoms with van der Waals surface area (Å²) in [5.41, 5.74) is 0. The van der Waals surface area contributed by atoms with Crippen LogP contribution in [0.5, 0.6) is 0 Å². The van der Waals surface area contributed by atoms with Gasteiger partial charge in [-0.25, -0.2) is 4.79 Å². The first-order valence-electron chi connectivity index (χ1n) is 14.0. The molecule has 3 rings (SSSR count). The third-order valence-corrected chi connectivity index (χ3v) is 7.59. The molecule has 34 heavy (non-hydrogen) atoms. The Morgan fingerprint density at radius 1 is 0.853 bits per heavy atom. The number of ether oxygens (including phenoxy) is 3. The van der Waals surface area contributed by atoms with Crippen molar-refractivity contribution < 1.29 is 28.9 Å². The quantitative estimate of drug-likeness (QED) is 0.258. The number of aliphatic hydroxyl groups excluding tert-OH is 1. The van der Waals surface area contributed by atoms with Crippen LogP contribution in [0.4, 0.5) is 0 Å². The third kappa shape index (κ3) is 8.20. The molecule has 3 heterocycles. The predicted molar refractivity (Wildman–Crippen MR) is 130 cm³/mol. The van der Waals surface area contributed by atoms with Crippen LogP contribution in [0.15, 0.2) is 0 Å². The zero-order valence-corrected chi connectivity index (χ0v) is 21.3. The Bertz CT molecular complexity index is 614. The second-order valence-corrected chi connectivity index (χ2v) is 10.4. The number of aliphatic hydroxyl groups is 1. The van der Waals surface area contributed by atoms with Crippen molar-refractivity contribution in [2.24, 2.45) is 0 Å². The van der Waals surface area contributed by atoms with Gasteiger partial charge in [0, 0.05) is 13.0 Å². The van der Waals surface area contributed by atoms with Gasteiger partial charge in [-0.05, 0) is 19.3 Å². The predicted octanol–water partition coefficient (Wildman–Crippen LogP) is 4.53. The number of fused-ring (bicyclic) bond motifs is 1. The van der Waals surface area contributed by atoms with Crippen molar-refractivity contribution in [3.63, 3.8) is 0 Å². The Kier molecular flexibility index (Phi) is 12.1. The van der Waals surface area contributed by atoms with Gasteiger partial charge in [0.15, 0.2) is 6.10 Å². The summed E-state index contributed by atoms with van der Waals surface area (Å²) in [6.45, 7) is 3.32. The highest BCUT2D eigenvalue weighted by Gasteiger charge is 2.49. The molecule has 0 aromatic rings. The van der Waals surface area contributed by atoms with Crippen molar-refractivity contribution in [1.29, 1.82) is 0 Å². The van der Waals surface area contributed by atoms with E-state index in [2.05, 4.69) is 6.92 Å². The topological polar surface area (TPSA) is 85.3 Å². The fraction of sp³-hybridized carbons (Fsp3) is 0.926. The highest BCUT2D eigenvalue weighted by molar-refractivity contribution is 5.85. The lowest BCUT2D eigenvalue weighted by atomic mass is 10.0. The summed E-state index contributed by atoms with van der Waals surface area (Å²) in [5, 5.41) is 9.85. The first kappa shape index (κ1) is 27.4. The van der Waals surface area contributed by atoms with Crippen LogP contribution in [0.3, 0.4) is 0 Å². The SMILES string of the molecule is CCCCCCCCCCCCCCCC(=O)N1CCCC1C(=O)OC1COC2C(O)COC12. The second kappa shape index (κ2) is 15.0. The van der Waals surface area contributed by atoms with Crippen molar-refractivity contribution >= 4 is 11.9 Å². The minimum atomic E-state index is -0.668. The molecule has 0 aromatic carbocycles. The smallest absolute Gasteiger partial charge is 0.329 e. The van der Waals surface area contributed by atoms with Crippen molar-refractivity contribution in [2.75, 3.05) is 19.8 Å². The molecule has 3 fully saturated rings. The summed E-state index contributed by atoms with van der Waals surface area (Å²) >= 11 is 0. The monoisotopic (exact) mass is 481 g/mol. The molecule has 7 heteroatoms. The Labute approximate surface area is 205 Å². The van der Waals surface area contributed by atoms with E-state index in [1.54, 1.807) is 4.90 Å². The normalized spacial score (nSPS) is 28.4. The van der Waals surface area contributed by atoms with Gasteiger partial charge in [-0.1, -0.05) is 84.0 Å². The maximum atomic E-state index is 12.8. The van der Waals surface area contributed by atoms with E-state index in [4.69, 9.17) is 14.2 Å². The minimum Gasteiger partial charge on any atom is -0.455 e. The van der Waals surface area contributed by atoms with Gasteiger partial charge < -0.3 is 24.2 Å². The van der Waals surface area contributed by atoms with Crippen LogP contribution < -0.4 is 0 Å². The van der Waals surface area contributed by atoms with E-state index in [9.17, 15) is 14.7 Å². The summed E-state index contributed by atoms with van der Waals surface area (Å²) in [5.74, 6) is -0.300. The van der Waals surface area contributed by atoms with Gasteiger partial charge in [0.25, 0.3) is 0 Å². The summed E-state index contributed by atoms with van der Waals surface area (Å²) in [7, 11) is 0. The van der Waals surface area contributed by atoms with E-state index in [0.717, 1.165) is 19.3 Å². The standard InChI is InChI=1S/C27H47NO6/c1-2-3-4-5-6-7-8-9-10-11-12-13-14-17-24(30)28-18-15-16-21(28)27(31)34-23-20-33-25-22(29)19-32-26(23)25/h21-23,25-26,29H,2-20H2,1H3. The van der Waals surface area contributed by atoms with Crippen LogP contribution in [-0.2, 0) is 23.8 Å². The van der Waals surface area contributed by atoms with Crippen LogP contribution in [-0.4, -0.2) is 72.1 Å². The Hall–Kier alpha value is -1.18. The zero-order chi connectivity index (χ0) is 24.2. The Morgan fingerprint density at radius 2 is 1.44 bits per heavy atom. The van der Waals surface area contributed by atoms with E-state index in [0.29, 0.717) is 19.4 Å². The molecule has 1 N–H and O–H groups in total. The maximum absolute atomic E-state index is 12.8. The summed E-state index contributed by atoms with van der Waals surface area (Å²) in [4.78, 5) is 27.3. The maximum Gasteiger partial charge on any atom is 0.329 e. The first-order valence-corrected chi connectivity index (χ1v) is 14.0. The van der Waals surface area contributed by atoms with Crippen LogP contribution in [0.1, 0.15) is 110 Å². The fourth-order valence-corrected chi connectivity index (χ4v) is 5.52. The van der Waals surface area contributed by atoms with Gasteiger partial charge in [-0.3, -0.25) is 4.79 Å². The van der Waals surface area contributed by atoms with E-state index < -0.39 is 30.5 Å². The molecule has 7 nitrogen and oxygen atoms in total. The lowest BCUT2D eigenvalue weighted by molar-refractivity contribution is -0.162. The van der Waals surface area contributed by atoms with Gasteiger partial charge in [-0.15, -0.1) is 0 Å². The number of likely N-dealkylation sites (tertiary alicyclic amines) is 1. The lowest BCUT2D eigenvalue weighted by Gasteiger charge is -2.25. The van der Waals surface area contributed by atoms with Crippen LogP contribution in [0.2, 0.25) is 0 Å². The number of nitrogens with zero attached hydrogens (tertiary/aromatic N) is 1. The first-order chi connectivity index (χ1) is 16.6. The molecule has 5 unspecified atom stereocenters. The van der Waals surface area contributed by atoms with E-state index >= 15 is 0 Å². The summed E-state index contributed by atoms with van der Waals surface area (Å²) < 4.78 is 16.7. The molecule has 5 atom stereocenters. The van der Waals surface area contributed by atoms with Crippen LogP contribution in [0.25, 0.3) is 0 Å². The molecule has 3 saturated heterocycles. The van der Waals surface area contributed by atoms with Crippen molar-refractivity contribution in [3.8, 4) is 0 Å². The number of carbonyl (C=O) groups is 2. The van der Waals surface area contributed by atoms with Crippen molar-refractivity contribution in [2.45, 2.75) is 140 Å². The van der Waals surface area contributed by atoms with Gasteiger partial charge in [0.2, 0.25) is 5.91 Å². The molecule has 3 aliphatic rings. The molecule has 0 bridgehead atoms. The van der Waals surface area contributed by atoms with E-state index in [-0.39, 0.29) is 25.1 Å². The number of rotatable bonds is 16. The fourth-order valence-electron chi connectivity index (χ4n) is 5.52. The second-order valence-electron chi connectivity index (χ2n) is 10.4. The van der Waals surface area contributed by atoms with Crippen LogP contribution in [0, 0.1) is 0 Å². The Morgan fingerprint density at radius 3 is 2.09 bits per heavy atom. The third-order valence-electron chi connectivity index (χ3n) is 7.59. The van der Waals surface area contributed by atoms with E-state index in [1.165, 1.54) is 70.6 Å². The zero-order valence-electron chi connectivity index (χ0n) is 21.3. The molecule has 0 aromatic heterocycles. The molecule has 196 valence electrons. The number of hydrogen-bond acceptors (Lipinski definition) is 6. The number of hydrogen-bond donors (Lipinski definition) is 1.